The van der Waals surface area contributed by atoms with Crippen LogP contribution in [0.5, 0.6) is 0 Å². The maximum atomic E-state index is 13.1. The first-order valence-electron chi connectivity index (χ1n) is 10.7. The second kappa shape index (κ2) is 9.41. The molecule has 2 aromatic rings. The van der Waals surface area contributed by atoms with Crippen LogP contribution in [-0.4, -0.2) is 63.2 Å². The third-order valence-electron chi connectivity index (χ3n) is 5.54. The van der Waals surface area contributed by atoms with Crippen molar-refractivity contribution >= 4 is 27.5 Å². The van der Waals surface area contributed by atoms with Gasteiger partial charge in [-0.25, -0.2) is 8.42 Å². The standard InChI is InChI=1S/C20H31N7O4S/c1-6-26-12-16(18(24-26)20(29)22-13(2)3)23-19(28)15-8-7-9-27(11-15)32(30,31)17-10-21-25(5)14(17)4/h10,12-13,15H,6-9,11H2,1-5H3,(H,22,29)(H,23,28)/t15-/m0/s1. The summed E-state index contributed by atoms with van der Waals surface area (Å²) in [6.07, 6.45) is 4.07. The second-order valence-corrected chi connectivity index (χ2v) is 10.2. The van der Waals surface area contributed by atoms with Gasteiger partial charge in [0.1, 0.15) is 4.90 Å². The Balaban J connectivity index is 1.77. The molecule has 0 aromatic carbocycles. The fraction of sp³-hybridized carbons (Fsp3) is 0.600. The van der Waals surface area contributed by atoms with Gasteiger partial charge in [0.15, 0.2) is 5.69 Å². The van der Waals surface area contributed by atoms with Crippen LogP contribution in [0.2, 0.25) is 0 Å². The quantitative estimate of drug-likeness (QED) is 0.630. The number of rotatable bonds is 7. The lowest BCUT2D eigenvalue weighted by Crippen LogP contribution is -2.44. The lowest BCUT2D eigenvalue weighted by Gasteiger charge is -2.31. The molecule has 11 nitrogen and oxygen atoms in total. The van der Waals surface area contributed by atoms with Gasteiger partial charge in [-0.1, -0.05) is 0 Å². The molecular weight excluding hydrogens is 434 g/mol. The molecule has 3 rings (SSSR count). The van der Waals surface area contributed by atoms with E-state index in [1.807, 2.05) is 20.8 Å². The topological polar surface area (TPSA) is 131 Å². The zero-order valence-electron chi connectivity index (χ0n) is 19.1. The van der Waals surface area contributed by atoms with Crippen LogP contribution in [0.4, 0.5) is 5.69 Å². The van der Waals surface area contributed by atoms with E-state index in [1.165, 1.54) is 15.2 Å². The molecule has 1 atom stereocenters. The summed E-state index contributed by atoms with van der Waals surface area (Å²) in [7, 11) is -2.07. The number of carbonyl (C=O) groups is 2. The Morgan fingerprint density at radius 1 is 1.31 bits per heavy atom. The molecule has 1 aliphatic heterocycles. The van der Waals surface area contributed by atoms with E-state index in [4.69, 9.17) is 0 Å². The molecule has 176 valence electrons. The van der Waals surface area contributed by atoms with Crippen molar-refractivity contribution in [2.45, 2.75) is 58.0 Å². The Kier molecular flexibility index (Phi) is 7.03. The minimum Gasteiger partial charge on any atom is -0.348 e. The predicted octanol–water partition coefficient (Wildman–Crippen LogP) is 1.12. The molecule has 1 aliphatic rings. The van der Waals surface area contributed by atoms with Crippen molar-refractivity contribution in [3.05, 3.63) is 23.8 Å². The SMILES string of the molecule is CCn1cc(NC(=O)[C@H]2CCCN(S(=O)(=O)c3cnn(C)c3C)C2)c(C(=O)NC(C)C)n1. The molecule has 1 fully saturated rings. The van der Waals surface area contributed by atoms with E-state index in [1.54, 1.807) is 24.9 Å². The molecule has 0 unspecified atom stereocenters. The van der Waals surface area contributed by atoms with E-state index in [-0.39, 0.29) is 35.0 Å². The summed E-state index contributed by atoms with van der Waals surface area (Å²) in [4.78, 5) is 25.7. The van der Waals surface area contributed by atoms with Gasteiger partial charge in [0.05, 0.1) is 23.5 Å². The van der Waals surface area contributed by atoms with E-state index in [0.29, 0.717) is 37.3 Å². The number of hydrogen-bond acceptors (Lipinski definition) is 6. The third-order valence-corrected chi connectivity index (χ3v) is 7.51. The summed E-state index contributed by atoms with van der Waals surface area (Å²) in [5, 5.41) is 13.9. The summed E-state index contributed by atoms with van der Waals surface area (Å²) in [5.74, 6) is -1.24. The van der Waals surface area contributed by atoms with Crippen molar-refractivity contribution < 1.29 is 18.0 Å². The van der Waals surface area contributed by atoms with Gasteiger partial charge in [-0.3, -0.25) is 19.0 Å². The first kappa shape index (κ1) is 23.9. The van der Waals surface area contributed by atoms with Crippen molar-refractivity contribution in [3.8, 4) is 0 Å². The number of hydrogen-bond donors (Lipinski definition) is 2. The normalized spacial score (nSPS) is 17.5. The van der Waals surface area contributed by atoms with Crippen molar-refractivity contribution in [3.63, 3.8) is 0 Å². The molecule has 2 aromatic heterocycles. The van der Waals surface area contributed by atoms with Gasteiger partial charge < -0.3 is 10.6 Å². The number of nitrogens with one attached hydrogen (secondary N) is 2. The molecular formula is C20H31N7O4S. The van der Waals surface area contributed by atoms with Crippen molar-refractivity contribution in [1.82, 2.24) is 29.2 Å². The minimum absolute atomic E-state index is 0.0674. The largest absolute Gasteiger partial charge is 0.348 e. The van der Waals surface area contributed by atoms with Gasteiger partial charge >= 0.3 is 0 Å². The fourth-order valence-corrected chi connectivity index (χ4v) is 5.36. The smallest absolute Gasteiger partial charge is 0.274 e. The first-order valence-corrected chi connectivity index (χ1v) is 12.2. The lowest BCUT2D eigenvalue weighted by atomic mass is 9.99. The molecule has 0 radical (unpaired) electrons. The molecule has 12 heteroatoms. The Hall–Kier alpha value is -2.73. The number of anilines is 1. The Morgan fingerprint density at radius 3 is 2.62 bits per heavy atom. The van der Waals surface area contributed by atoms with Crippen LogP contribution < -0.4 is 10.6 Å². The molecule has 1 saturated heterocycles. The van der Waals surface area contributed by atoms with Crippen molar-refractivity contribution in [2.24, 2.45) is 13.0 Å². The third kappa shape index (κ3) is 4.85. The zero-order valence-corrected chi connectivity index (χ0v) is 19.9. The minimum atomic E-state index is -3.76. The number of aromatic nitrogens is 4. The van der Waals surface area contributed by atoms with Crippen LogP contribution in [0.3, 0.4) is 0 Å². The van der Waals surface area contributed by atoms with Gasteiger partial charge in [0, 0.05) is 38.9 Å². The highest BCUT2D eigenvalue weighted by atomic mass is 32.2. The van der Waals surface area contributed by atoms with Gasteiger partial charge in [0.2, 0.25) is 15.9 Å². The van der Waals surface area contributed by atoms with Gasteiger partial charge in [0.25, 0.3) is 5.91 Å². The first-order chi connectivity index (χ1) is 15.0. The maximum Gasteiger partial charge on any atom is 0.274 e. The maximum absolute atomic E-state index is 13.1. The number of carbonyl (C=O) groups excluding carboxylic acids is 2. The van der Waals surface area contributed by atoms with E-state index in [0.717, 1.165) is 0 Å². The number of piperidine rings is 1. The average molecular weight is 466 g/mol. The predicted molar refractivity (Wildman–Crippen MR) is 119 cm³/mol. The van der Waals surface area contributed by atoms with Crippen LogP contribution in [0.15, 0.2) is 17.3 Å². The highest BCUT2D eigenvalue weighted by Crippen LogP contribution is 2.26. The number of aryl methyl sites for hydroxylation is 2. The molecule has 0 spiro atoms. The van der Waals surface area contributed by atoms with E-state index >= 15 is 0 Å². The average Bonchev–Trinajstić information content (AvgIpc) is 3.31. The summed E-state index contributed by atoms with van der Waals surface area (Å²) >= 11 is 0. The molecule has 32 heavy (non-hydrogen) atoms. The molecule has 3 heterocycles. The van der Waals surface area contributed by atoms with Crippen LogP contribution in [0.1, 0.15) is 49.8 Å². The van der Waals surface area contributed by atoms with Crippen LogP contribution in [0.25, 0.3) is 0 Å². The Labute approximate surface area is 188 Å². The summed E-state index contributed by atoms with van der Waals surface area (Å²) < 4.78 is 30.6. The van der Waals surface area contributed by atoms with E-state index < -0.39 is 15.9 Å². The van der Waals surface area contributed by atoms with Crippen LogP contribution >= 0.6 is 0 Å². The molecule has 0 saturated carbocycles. The fourth-order valence-electron chi connectivity index (χ4n) is 3.65. The van der Waals surface area contributed by atoms with E-state index in [9.17, 15) is 18.0 Å². The highest BCUT2D eigenvalue weighted by Gasteiger charge is 2.35. The molecule has 2 amide bonds. The summed E-state index contributed by atoms with van der Waals surface area (Å²) in [6.45, 7) is 8.21. The molecule has 0 aliphatic carbocycles. The summed E-state index contributed by atoms with van der Waals surface area (Å²) in [5.41, 5.74) is 1.00. The lowest BCUT2D eigenvalue weighted by molar-refractivity contribution is -0.120. The Bertz CT molecular complexity index is 1100. The van der Waals surface area contributed by atoms with Gasteiger partial charge in [-0.15, -0.1) is 0 Å². The highest BCUT2D eigenvalue weighted by molar-refractivity contribution is 7.89. The summed E-state index contributed by atoms with van der Waals surface area (Å²) in [6, 6.07) is -0.0779. The number of amides is 2. The second-order valence-electron chi connectivity index (χ2n) is 8.28. The van der Waals surface area contributed by atoms with Gasteiger partial charge in [-0.05, 0) is 40.5 Å². The monoisotopic (exact) mass is 465 g/mol. The van der Waals surface area contributed by atoms with Gasteiger partial charge in [-0.2, -0.15) is 14.5 Å². The zero-order chi connectivity index (χ0) is 23.6. The van der Waals surface area contributed by atoms with E-state index in [2.05, 4.69) is 20.8 Å². The van der Waals surface area contributed by atoms with Crippen LogP contribution in [-0.2, 0) is 28.4 Å². The van der Waals surface area contributed by atoms with Crippen molar-refractivity contribution in [1.29, 1.82) is 0 Å². The van der Waals surface area contributed by atoms with Crippen LogP contribution in [0, 0.1) is 12.8 Å². The molecule has 0 bridgehead atoms. The number of nitrogens with zero attached hydrogens (tertiary/aromatic N) is 5. The van der Waals surface area contributed by atoms with Crippen molar-refractivity contribution in [2.75, 3.05) is 18.4 Å². The molecule has 2 N–H and O–H groups in total. The number of sulfonamides is 1. The Morgan fingerprint density at radius 2 is 2.03 bits per heavy atom.